The van der Waals surface area contributed by atoms with E-state index in [1.54, 1.807) is 20.0 Å². The number of amides is 1. The van der Waals surface area contributed by atoms with Crippen LogP contribution in [0.25, 0.3) is 0 Å². The van der Waals surface area contributed by atoms with Crippen molar-refractivity contribution in [3.63, 3.8) is 0 Å². The Morgan fingerprint density at radius 2 is 2.30 bits per heavy atom. The molecule has 0 radical (unpaired) electrons. The number of hydrogen-bond donors (Lipinski definition) is 1. The summed E-state index contributed by atoms with van der Waals surface area (Å²) in [5.41, 5.74) is 0.216. The van der Waals surface area contributed by atoms with Gasteiger partial charge in [-0.25, -0.2) is 0 Å². The number of carbonyl (C=O) groups is 1. The molecular formula is C16H24N2O2. The summed E-state index contributed by atoms with van der Waals surface area (Å²) in [4.78, 5) is 18.4. The molecule has 1 saturated heterocycles. The largest absolute Gasteiger partial charge is 0.388 e. The Kier molecular flexibility index (Phi) is 4.76. The zero-order chi connectivity index (χ0) is 14.6. The lowest BCUT2D eigenvalue weighted by atomic mass is 9.96. The number of aliphatic hydroxyl groups is 1. The molecule has 2 rings (SSSR count). The van der Waals surface area contributed by atoms with Crippen molar-refractivity contribution in [1.82, 2.24) is 9.88 Å². The standard InChI is InChI=1S/C16H24N2O2/c1-16(2,20)14-9-6-12-18(14)15(19)10-5-8-13-7-3-4-11-17-13/h3-4,7,11,14,20H,5-6,8-10,12H2,1-2H3. The van der Waals surface area contributed by atoms with Gasteiger partial charge in [-0.05, 0) is 51.7 Å². The van der Waals surface area contributed by atoms with Gasteiger partial charge in [0, 0.05) is 24.9 Å². The van der Waals surface area contributed by atoms with E-state index in [1.807, 2.05) is 23.1 Å². The molecule has 0 spiro atoms. The van der Waals surface area contributed by atoms with E-state index in [-0.39, 0.29) is 11.9 Å². The zero-order valence-corrected chi connectivity index (χ0v) is 12.4. The van der Waals surface area contributed by atoms with Crippen molar-refractivity contribution in [3.05, 3.63) is 30.1 Å². The minimum atomic E-state index is -0.812. The molecular weight excluding hydrogens is 252 g/mol. The summed E-state index contributed by atoms with van der Waals surface area (Å²) < 4.78 is 0. The number of rotatable bonds is 5. The van der Waals surface area contributed by atoms with E-state index >= 15 is 0 Å². The number of nitrogens with zero attached hydrogens (tertiary/aromatic N) is 2. The van der Waals surface area contributed by atoms with Gasteiger partial charge in [0.15, 0.2) is 0 Å². The summed E-state index contributed by atoms with van der Waals surface area (Å²) >= 11 is 0. The Morgan fingerprint density at radius 3 is 2.95 bits per heavy atom. The molecule has 1 aromatic heterocycles. The fraction of sp³-hybridized carbons (Fsp3) is 0.625. The first-order chi connectivity index (χ1) is 9.48. The topological polar surface area (TPSA) is 53.4 Å². The van der Waals surface area contributed by atoms with E-state index in [0.29, 0.717) is 6.42 Å². The average molecular weight is 276 g/mol. The van der Waals surface area contributed by atoms with Crippen LogP contribution in [-0.4, -0.2) is 39.1 Å². The highest BCUT2D eigenvalue weighted by atomic mass is 16.3. The van der Waals surface area contributed by atoms with Crippen LogP contribution in [0.3, 0.4) is 0 Å². The average Bonchev–Trinajstić information content (AvgIpc) is 2.89. The molecule has 1 aliphatic heterocycles. The Labute approximate surface area is 120 Å². The van der Waals surface area contributed by atoms with Gasteiger partial charge < -0.3 is 10.0 Å². The summed E-state index contributed by atoms with van der Waals surface area (Å²) in [6.45, 7) is 4.35. The molecule has 0 bridgehead atoms. The molecule has 1 aliphatic rings. The van der Waals surface area contributed by atoms with Gasteiger partial charge >= 0.3 is 0 Å². The first-order valence-corrected chi connectivity index (χ1v) is 7.40. The summed E-state index contributed by atoms with van der Waals surface area (Å²) in [7, 11) is 0. The number of pyridine rings is 1. The Hall–Kier alpha value is -1.42. The molecule has 1 amide bonds. The van der Waals surface area contributed by atoms with Crippen LogP contribution in [0.5, 0.6) is 0 Å². The monoisotopic (exact) mass is 276 g/mol. The van der Waals surface area contributed by atoms with Crippen LogP contribution in [0.15, 0.2) is 24.4 Å². The summed E-state index contributed by atoms with van der Waals surface area (Å²) in [5.74, 6) is 0.158. The molecule has 110 valence electrons. The number of hydrogen-bond acceptors (Lipinski definition) is 3. The quantitative estimate of drug-likeness (QED) is 0.896. The molecule has 20 heavy (non-hydrogen) atoms. The maximum Gasteiger partial charge on any atom is 0.222 e. The predicted octanol–water partition coefficient (Wildman–Crippen LogP) is 2.17. The second kappa shape index (κ2) is 6.35. The van der Waals surface area contributed by atoms with Crippen LogP contribution in [0.1, 0.15) is 45.2 Å². The maximum atomic E-state index is 12.3. The number of aromatic nitrogens is 1. The van der Waals surface area contributed by atoms with Crippen LogP contribution in [0.2, 0.25) is 0 Å². The van der Waals surface area contributed by atoms with E-state index in [2.05, 4.69) is 4.98 Å². The van der Waals surface area contributed by atoms with Crippen molar-refractivity contribution < 1.29 is 9.90 Å². The lowest BCUT2D eigenvalue weighted by Gasteiger charge is -2.33. The third kappa shape index (κ3) is 3.79. The van der Waals surface area contributed by atoms with Crippen LogP contribution < -0.4 is 0 Å². The molecule has 0 saturated carbocycles. The van der Waals surface area contributed by atoms with Gasteiger partial charge in [-0.3, -0.25) is 9.78 Å². The van der Waals surface area contributed by atoms with Crippen LogP contribution in [0, 0.1) is 0 Å². The van der Waals surface area contributed by atoms with Crippen molar-refractivity contribution >= 4 is 5.91 Å². The lowest BCUT2D eigenvalue weighted by molar-refractivity contribution is -0.136. The van der Waals surface area contributed by atoms with Crippen LogP contribution in [-0.2, 0) is 11.2 Å². The zero-order valence-electron chi connectivity index (χ0n) is 12.4. The highest BCUT2D eigenvalue weighted by Gasteiger charge is 2.37. The van der Waals surface area contributed by atoms with Crippen LogP contribution in [0.4, 0.5) is 0 Å². The Morgan fingerprint density at radius 1 is 1.50 bits per heavy atom. The van der Waals surface area contributed by atoms with Crippen molar-refractivity contribution in [2.24, 2.45) is 0 Å². The smallest absolute Gasteiger partial charge is 0.222 e. The molecule has 4 heteroatoms. The molecule has 0 aliphatic carbocycles. The van der Waals surface area contributed by atoms with E-state index in [4.69, 9.17) is 0 Å². The first-order valence-electron chi connectivity index (χ1n) is 7.40. The summed E-state index contributed by atoms with van der Waals surface area (Å²) in [5, 5.41) is 10.1. The minimum Gasteiger partial charge on any atom is -0.388 e. The highest BCUT2D eigenvalue weighted by Crippen LogP contribution is 2.27. The number of carbonyl (C=O) groups excluding carboxylic acids is 1. The van der Waals surface area contributed by atoms with Gasteiger partial charge in [-0.2, -0.15) is 0 Å². The van der Waals surface area contributed by atoms with Crippen molar-refractivity contribution in [2.45, 2.75) is 57.6 Å². The summed E-state index contributed by atoms with van der Waals surface area (Å²) in [6.07, 6.45) is 5.83. The molecule has 1 atom stereocenters. The first kappa shape index (κ1) is 15.0. The van der Waals surface area contributed by atoms with Gasteiger partial charge in [-0.1, -0.05) is 6.07 Å². The molecule has 1 unspecified atom stereocenters. The van der Waals surface area contributed by atoms with Gasteiger partial charge in [0.1, 0.15) is 0 Å². The Bertz CT molecular complexity index is 440. The molecule has 0 aromatic carbocycles. The maximum absolute atomic E-state index is 12.3. The lowest BCUT2D eigenvalue weighted by Crippen LogP contribution is -2.48. The number of likely N-dealkylation sites (tertiary alicyclic amines) is 1. The molecule has 1 N–H and O–H groups in total. The minimum absolute atomic E-state index is 0.0372. The second-order valence-corrected chi connectivity index (χ2v) is 6.07. The van der Waals surface area contributed by atoms with Gasteiger partial charge in [0.05, 0.1) is 11.6 Å². The van der Waals surface area contributed by atoms with Crippen molar-refractivity contribution in [1.29, 1.82) is 0 Å². The molecule has 4 nitrogen and oxygen atoms in total. The fourth-order valence-corrected chi connectivity index (χ4v) is 2.91. The molecule has 2 heterocycles. The van der Waals surface area contributed by atoms with E-state index in [1.165, 1.54) is 0 Å². The molecule has 1 aromatic rings. The van der Waals surface area contributed by atoms with Gasteiger partial charge in [-0.15, -0.1) is 0 Å². The van der Waals surface area contributed by atoms with E-state index in [9.17, 15) is 9.90 Å². The highest BCUT2D eigenvalue weighted by molar-refractivity contribution is 5.77. The van der Waals surface area contributed by atoms with Crippen molar-refractivity contribution in [2.75, 3.05) is 6.54 Å². The third-order valence-electron chi connectivity index (χ3n) is 3.94. The SMILES string of the molecule is CC(C)(O)C1CCCN1C(=O)CCCc1ccccn1. The van der Waals surface area contributed by atoms with E-state index < -0.39 is 5.60 Å². The normalized spacial score (nSPS) is 19.4. The summed E-state index contributed by atoms with van der Waals surface area (Å²) in [6, 6.07) is 5.81. The third-order valence-corrected chi connectivity index (χ3v) is 3.94. The Balaban J connectivity index is 1.83. The van der Waals surface area contributed by atoms with Crippen LogP contribution >= 0.6 is 0 Å². The molecule has 1 fully saturated rings. The second-order valence-electron chi connectivity index (χ2n) is 6.07. The van der Waals surface area contributed by atoms with E-state index in [0.717, 1.165) is 37.9 Å². The number of aryl methyl sites for hydroxylation is 1. The predicted molar refractivity (Wildman–Crippen MR) is 78.2 cm³/mol. The van der Waals surface area contributed by atoms with Crippen molar-refractivity contribution in [3.8, 4) is 0 Å². The fourth-order valence-electron chi connectivity index (χ4n) is 2.91. The van der Waals surface area contributed by atoms with Gasteiger partial charge in [0.2, 0.25) is 5.91 Å². The van der Waals surface area contributed by atoms with Gasteiger partial charge in [0.25, 0.3) is 0 Å².